The van der Waals surface area contributed by atoms with Crippen LogP contribution >= 0.6 is 0 Å². The number of nitrogens with one attached hydrogen (secondary N) is 1. The topological polar surface area (TPSA) is 43.5 Å². The minimum absolute atomic E-state index is 0. The summed E-state index contributed by atoms with van der Waals surface area (Å²) in [4.78, 5) is 0. The molecule has 3 N–H and O–H groups in total. The van der Waals surface area contributed by atoms with Crippen LogP contribution in [0.5, 0.6) is 0 Å². The van der Waals surface area contributed by atoms with Gasteiger partial charge in [0, 0.05) is 0 Å². The highest BCUT2D eigenvalue weighted by Crippen LogP contribution is 1.96. The van der Waals surface area contributed by atoms with Crippen molar-refractivity contribution < 1.29 is 5.48 Å². The van der Waals surface area contributed by atoms with Gasteiger partial charge in [0.15, 0.2) is 0 Å². The van der Waals surface area contributed by atoms with Crippen LogP contribution in [0.25, 0.3) is 0 Å². The molecule has 0 radical (unpaired) electrons. The molecule has 11 heavy (non-hydrogen) atoms. The van der Waals surface area contributed by atoms with Crippen LogP contribution in [0.1, 0.15) is 47.0 Å². The van der Waals surface area contributed by atoms with Gasteiger partial charge in [0.2, 0.25) is 0 Å². The average Bonchev–Trinajstić information content (AvgIpc) is 2.14. The maximum Gasteiger partial charge on any atom is -0.00489 e. The molecule has 1 aliphatic rings. The van der Waals surface area contributed by atoms with Crippen molar-refractivity contribution in [3.8, 4) is 0 Å². The number of piperidine rings is 1. The maximum absolute atomic E-state index is 3.28. The minimum atomic E-state index is 0. The molecule has 1 heterocycles. The number of hydrogen-bond donors (Lipinski definition) is 1. The van der Waals surface area contributed by atoms with Crippen molar-refractivity contribution in [2.75, 3.05) is 13.1 Å². The first-order valence-corrected chi connectivity index (χ1v) is 4.71. The quantitative estimate of drug-likeness (QED) is 0.583. The standard InChI is InChI=1S/C5H11N.2C2H6.H2O/c1-2-4-6-5-3-1;2*1-2;/h6H,1-5H2;2*1-2H3;1H2. The van der Waals surface area contributed by atoms with E-state index in [1.165, 1.54) is 32.4 Å². The molecule has 2 heteroatoms. The van der Waals surface area contributed by atoms with Crippen molar-refractivity contribution in [3.63, 3.8) is 0 Å². The summed E-state index contributed by atoms with van der Waals surface area (Å²) in [5, 5.41) is 3.28. The van der Waals surface area contributed by atoms with Crippen molar-refractivity contribution in [3.05, 3.63) is 0 Å². The summed E-state index contributed by atoms with van der Waals surface area (Å²) in [5.74, 6) is 0. The Bertz CT molecular complexity index is 25.0. The second-order valence-corrected chi connectivity index (χ2v) is 1.81. The van der Waals surface area contributed by atoms with Gasteiger partial charge < -0.3 is 10.8 Å². The molecule has 2 nitrogen and oxygen atoms in total. The average molecular weight is 163 g/mol. The van der Waals surface area contributed by atoms with Gasteiger partial charge in [0.25, 0.3) is 0 Å². The fourth-order valence-electron chi connectivity index (χ4n) is 0.802. The van der Waals surface area contributed by atoms with E-state index < -0.39 is 0 Å². The van der Waals surface area contributed by atoms with Crippen LogP contribution in [0, 0.1) is 0 Å². The van der Waals surface area contributed by atoms with Gasteiger partial charge in [-0.3, -0.25) is 0 Å². The maximum atomic E-state index is 3.28. The van der Waals surface area contributed by atoms with Gasteiger partial charge in [-0.2, -0.15) is 0 Å². The molecule has 1 fully saturated rings. The van der Waals surface area contributed by atoms with Gasteiger partial charge in [-0.15, -0.1) is 0 Å². The Morgan fingerprint density at radius 3 is 1.18 bits per heavy atom. The zero-order chi connectivity index (χ0) is 8.24. The monoisotopic (exact) mass is 163 g/mol. The second-order valence-electron chi connectivity index (χ2n) is 1.81. The van der Waals surface area contributed by atoms with Gasteiger partial charge in [-0.05, 0) is 25.9 Å². The van der Waals surface area contributed by atoms with E-state index in [1.54, 1.807) is 0 Å². The van der Waals surface area contributed by atoms with E-state index >= 15 is 0 Å². The fourth-order valence-corrected chi connectivity index (χ4v) is 0.802. The van der Waals surface area contributed by atoms with Gasteiger partial charge in [0.1, 0.15) is 0 Å². The zero-order valence-corrected chi connectivity index (χ0v) is 8.54. The summed E-state index contributed by atoms with van der Waals surface area (Å²) < 4.78 is 0. The third kappa shape index (κ3) is 17.8. The minimum Gasteiger partial charge on any atom is -0.412 e. The zero-order valence-electron chi connectivity index (χ0n) is 8.54. The van der Waals surface area contributed by atoms with E-state index in [0.717, 1.165) is 0 Å². The van der Waals surface area contributed by atoms with E-state index in [9.17, 15) is 0 Å². The molecule has 0 bridgehead atoms. The molecule has 0 amide bonds. The molecular weight excluding hydrogens is 138 g/mol. The molecule has 0 saturated carbocycles. The molecule has 0 spiro atoms. The van der Waals surface area contributed by atoms with Crippen molar-refractivity contribution in [2.45, 2.75) is 47.0 Å². The third-order valence-electron chi connectivity index (χ3n) is 1.21. The van der Waals surface area contributed by atoms with Crippen molar-refractivity contribution in [1.82, 2.24) is 5.32 Å². The van der Waals surface area contributed by atoms with E-state index in [-0.39, 0.29) is 5.48 Å². The lowest BCUT2D eigenvalue weighted by molar-refractivity contribution is 0.520. The van der Waals surface area contributed by atoms with Gasteiger partial charge >= 0.3 is 0 Å². The van der Waals surface area contributed by atoms with Crippen molar-refractivity contribution >= 4 is 0 Å². The largest absolute Gasteiger partial charge is 0.412 e. The SMILES string of the molecule is C1CCNCC1.CC.CC.O. The van der Waals surface area contributed by atoms with Crippen LogP contribution in [0.3, 0.4) is 0 Å². The Labute approximate surface area is 71.7 Å². The molecule has 0 aromatic rings. The van der Waals surface area contributed by atoms with Crippen LogP contribution in [0.2, 0.25) is 0 Å². The first-order chi connectivity index (χ1) is 5.00. The Morgan fingerprint density at radius 1 is 0.727 bits per heavy atom. The van der Waals surface area contributed by atoms with E-state index in [4.69, 9.17) is 0 Å². The Hall–Kier alpha value is -0.0800. The summed E-state index contributed by atoms with van der Waals surface area (Å²) in [6.45, 7) is 10.5. The predicted octanol–water partition coefficient (Wildman–Crippen LogP) is 1.99. The second kappa shape index (κ2) is 22.5. The summed E-state index contributed by atoms with van der Waals surface area (Å²) in [6.07, 6.45) is 4.22. The molecule has 0 unspecified atom stereocenters. The smallest absolute Gasteiger partial charge is 0.00489 e. The van der Waals surface area contributed by atoms with E-state index in [2.05, 4.69) is 5.32 Å². The first kappa shape index (κ1) is 17.1. The summed E-state index contributed by atoms with van der Waals surface area (Å²) >= 11 is 0. The van der Waals surface area contributed by atoms with Crippen LogP contribution in [-0.2, 0) is 0 Å². The number of hydrogen-bond acceptors (Lipinski definition) is 1. The van der Waals surface area contributed by atoms with Crippen LogP contribution < -0.4 is 5.32 Å². The van der Waals surface area contributed by atoms with Crippen molar-refractivity contribution in [2.24, 2.45) is 0 Å². The van der Waals surface area contributed by atoms with Crippen LogP contribution in [-0.4, -0.2) is 18.6 Å². The van der Waals surface area contributed by atoms with Crippen LogP contribution in [0.4, 0.5) is 0 Å². The Morgan fingerprint density at radius 2 is 1.09 bits per heavy atom. The molecule has 0 aromatic heterocycles. The highest BCUT2D eigenvalue weighted by molar-refractivity contribution is 4.55. The lowest BCUT2D eigenvalue weighted by Crippen LogP contribution is -2.21. The molecule has 0 aliphatic carbocycles. The lowest BCUT2D eigenvalue weighted by atomic mass is 10.2. The van der Waals surface area contributed by atoms with Crippen LogP contribution in [0.15, 0.2) is 0 Å². The highest BCUT2D eigenvalue weighted by atomic mass is 16.0. The third-order valence-corrected chi connectivity index (χ3v) is 1.21. The molecule has 72 valence electrons. The van der Waals surface area contributed by atoms with Gasteiger partial charge in [-0.25, -0.2) is 0 Å². The normalized spacial score (nSPS) is 14.2. The predicted molar refractivity (Wildman–Crippen MR) is 53.0 cm³/mol. The van der Waals surface area contributed by atoms with Gasteiger partial charge in [0.05, 0.1) is 0 Å². The summed E-state index contributed by atoms with van der Waals surface area (Å²) in [6, 6.07) is 0. The van der Waals surface area contributed by atoms with E-state index in [0.29, 0.717) is 0 Å². The van der Waals surface area contributed by atoms with Gasteiger partial charge in [-0.1, -0.05) is 34.1 Å². The molecule has 1 rings (SSSR count). The molecule has 1 aliphatic heterocycles. The Balaban J connectivity index is -0.000000114. The number of rotatable bonds is 0. The molecular formula is C9H25NO. The Kier molecular flexibility index (Phi) is 35.1. The highest BCUT2D eigenvalue weighted by Gasteiger charge is 1.93. The summed E-state index contributed by atoms with van der Waals surface area (Å²) in [7, 11) is 0. The molecule has 1 saturated heterocycles. The fraction of sp³-hybridized carbons (Fsp3) is 1.00. The molecule has 0 atom stereocenters. The molecule has 0 aromatic carbocycles. The van der Waals surface area contributed by atoms with E-state index in [1.807, 2.05) is 27.7 Å². The van der Waals surface area contributed by atoms with Crippen molar-refractivity contribution in [1.29, 1.82) is 0 Å². The first-order valence-electron chi connectivity index (χ1n) is 4.71. The lowest BCUT2D eigenvalue weighted by Gasteiger charge is -2.08. The summed E-state index contributed by atoms with van der Waals surface area (Å²) in [5.41, 5.74) is 0.